The summed E-state index contributed by atoms with van der Waals surface area (Å²) in [6.45, 7) is 8.21. The fraction of sp³-hybridized carbons (Fsp3) is 0.438. The predicted octanol–water partition coefficient (Wildman–Crippen LogP) is 7.41. The molecule has 15 heteroatoms. The highest BCUT2D eigenvalue weighted by Crippen LogP contribution is 2.43. The van der Waals surface area contributed by atoms with Crippen molar-refractivity contribution in [2.45, 2.75) is 51.5 Å². The number of ether oxygens (including phenoxy) is 1. The number of aromatic nitrogens is 2. The number of aliphatic hydroxyl groups is 2. The minimum Gasteiger partial charge on any atom is -0.384 e. The minimum atomic E-state index is -4.49. The van der Waals surface area contributed by atoms with Gasteiger partial charge in [-0.1, -0.05) is 38.1 Å². The fourth-order valence-electron chi connectivity index (χ4n) is 5.18. The third-order valence-electron chi connectivity index (χ3n) is 7.95. The highest BCUT2D eigenvalue weighted by atomic mass is 32.1. The SMILES string of the molecule is CCN(CC)Cc1nc(-c2ccc(C(F)(F)F)cc2)sc1C(O)C(O)c1sc(-c2ccc(C(F)(F)F)cc2)nc1CN1CCOCC1. The van der Waals surface area contributed by atoms with Gasteiger partial charge in [0.05, 0.1) is 45.5 Å². The quantitative estimate of drug-likeness (QED) is 0.158. The number of benzene rings is 2. The highest BCUT2D eigenvalue weighted by Gasteiger charge is 2.34. The summed E-state index contributed by atoms with van der Waals surface area (Å²) in [7, 11) is 0. The first-order chi connectivity index (χ1) is 22.3. The van der Waals surface area contributed by atoms with Gasteiger partial charge < -0.3 is 14.9 Å². The lowest BCUT2D eigenvalue weighted by Crippen LogP contribution is -2.36. The summed E-state index contributed by atoms with van der Waals surface area (Å²) < 4.78 is 84.6. The van der Waals surface area contributed by atoms with E-state index in [1.54, 1.807) is 0 Å². The lowest BCUT2D eigenvalue weighted by Gasteiger charge is -2.27. The molecule has 4 aromatic rings. The van der Waals surface area contributed by atoms with Crippen LogP contribution in [0.4, 0.5) is 26.3 Å². The molecular formula is C32H34F6N4O3S2. The van der Waals surface area contributed by atoms with E-state index in [9.17, 15) is 36.6 Å². The van der Waals surface area contributed by atoms with Gasteiger partial charge in [0, 0.05) is 37.3 Å². The molecule has 0 saturated carbocycles. The van der Waals surface area contributed by atoms with Crippen molar-refractivity contribution in [1.29, 1.82) is 0 Å². The highest BCUT2D eigenvalue weighted by molar-refractivity contribution is 7.15. The van der Waals surface area contributed by atoms with Crippen LogP contribution in [-0.2, 0) is 30.2 Å². The second-order valence-corrected chi connectivity index (χ2v) is 13.1. The smallest absolute Gasteiger partial charge is 0.384 e. The number of nitrogens with zero attached hydrogens (tertiary/aromatic N) is 4. The second-order valence-electron chi connectivity index (χ2n) is 11.0. The molecule has 0 aliphatic carbocycles. The van der Waals surface area contributed by atoms with Gasteiger partial charge in [0.2, 0.25) is 0 Å². The summed E-state index contributed by atoms with van der Waals surface area (Å²) in [5, 5.41) is 24.2. The number of alkyl halides is 6. The molecule has 7 nitrogen and oxygen atoms in total. The summed E-state index contributed by atoms with van der Waals surface area (Å²) in [6, 6.07) is 9.22. The van der Waals surface area contributed by atoms with E-state index in [0.717, 1.165) is 46.9 Å². The lowest BCUT2D eigenvalue weighted by atomic mass is 10.1. The Morgan fingerprint density at radius 3 is 1.60 bits per heavy atom. The molecule has 0 spiro atoms. The maximum absolute atomic E-state index is 13.2. The van der Waals surface area contributed by atoms with Crippen molar-refractivity contribution < 1.29 is 41.3 Å². The van der Waals surface area contributed by atoms with Crippen molar-refractivity contribution >= 4 is 22.7 Å². The largest absolute Gasteiger partial charge is 0.416 e. The van der Waals surface area contributed by atoms with Crippen LogP contribution in [0.2, 0.25) is 0 Å². The average Bonchev–Trinajstić information content (AvgIpc) is 3.67. The van der Waals surface area contributed by atoms with Crippen LogP contribution < -0.4 is 0 Å². The number of hydrogen-bond acceptors (Lipinski definition) is 9. The Bertz CT molecular complexity index is 1610. The van der Waals surface area contributed by atoms with Gasteiger partial charge in [-0.2, -0.15) is 26.3 Å². The summed E-state index contributed by atoms with van der Waals surface area (Å²) >= 11 is 2.18. The standard InChI is InChI=1S/C32H34F6N4O3S2/c1-3-41(4-2)17-23-27(46-29(39-23)19-5-9-21(10-6-19)31(33,34)35)25(43)26(44)28-24(18-42-13-15-45-16-14-42)40-30(47-28)20-7-11-22(12-8-20)32(36,37)38/h5-12,25-26,43-44H,3-4,13-18H2,1-2H3. The number of rotatable bonds is 11. The van der Waals surface area contributed by atoms with Gasteiger partial charge in [0.25, 0.3) is 0 Å². The van der Waals surface area contributed by atoms with Gasteiger partial charge in [-0.3, -0.25) is 9.80 Å². The zero-order valence-corrected chi connectivity index (χ0v) is 27.2. The van der Waals surface area contributed by atoms with Gasteiger partial charge in [0.15, 0.2) is 0 Å². The molecule has 47 heavy (non-hydrogen) atoms. The molecule has 5 rings (SSSR count). The van der Waals surface area contributed by atoms with Crippen LogP contribution in [0, 0.1) is 0 Å². The monoisotopic (exact) mass is 700 g/mol. The van der Waals surface area contributed by atoms with Crippen molar-refractivity contribution in [3.05, 3.63) is 80.8 Å². The van der Waals surface area contributed by atoms with Crippen LogP contribution in [0.25, 0.3) is 21.1 Å². The first kappa shape index (κ1) is 35.4. The van der Waals surface area contributed by atoms with Crippen molar-refractivity contribution in [1.82, 2.24) is 19.8 Å². The fourth-order valence-corrected chi connectivity index (χ4v) is 7.37. The van der Waals surface area contributed by atoms with E-state index in [-0.39, 0.29) is 0 Å². The first-order valence-electron chi connectivity index (χ1n) is 15.0. The molecule has 2 N–H and O–H groups in total. The Morgan fingerprint density at radius 2 is 1.17 bits per heavy atom. The van der Waals surface area contributed by atoms with Crippen LogP contribution in [-0.4, -0.2) is 69.4 Å². The van der Waals surface area contributed by atoms with E-state index in [1.165, 1.54) is 24.3 Å². The summed E-state index contributed by atoms with van der Waals surface area (Å²) in [5.74, 6) is 0. The van der Waals surface area contributed by atoms with Crippen LogP contribution in [0.1, 0.15) is 58.3 Å². The first-order valence-corrected chi connectivity index (χ1v) is 16.6. The Balaban J connectivity index is 1.51. The molecule has 1 aliphatic heterocycles. The molecule has 2 unspecified atom stereocenters. The number of hydrogen-bond donors (Lipinski definition) is 2. The van der Waals surface area contributed by atoms with E-state index in [1.807, 2.05) is 13.8 Å². The van der Waals surface area contributed by atoms with Gasteiger partial charge >= 0.3 is 12.4 Å². The molecule has 1 aliphatic rings. The van der Waals surface area contributed by atoms with Gasteiger partial charge in [-0.25, -0.2) is 9.97 Å². The van der Waals surface area contributed by atoms with E-state index in [0.29, 0.717) is 94.8 Å². The zero-order valence-electron chi connectivity index (χ0n) is 25.6. The average molecular weight is 701 g/mol. The molecule has 1 fully saturated rings. The summed E-state index contributed by atoms with van der Waals surface area (Å²) in [6.07, 6.45) is -11.9. The molecule has 2 atom stereocenters. The Kier molecular flexibility index (Phi) is 11.1. The third-order valence-corrected chi connectivity index (χ3v) is 10.4. The maximum Gasteiger partial charge on any atom is 0.416 e. The normalized spacial score (nSPS) is 16.1. The second kappa shape index (κ2) is 14.7. The maximum atomic E-state index is 13.2. The molecule has 0 amide bonds. The molecule has 0 radical (unpaired) electrons. The molecule has 254 valence electrons. The predicted molar refractivity (Wildman–Crippen MR) is 168 cm³/mol. The number of aliphatic hydroxyl groups excluding tert-OH is 2. The molecule has 2 aromatic heterocycles. The Labute approximate surface area is 276 Å². The summed E-state index contributed by atoms with van der Waals surface area (Å²) in [5.41, 5.74) is 0.255. The van der Waals surface area contributed by atoms with Crippen LogP contribution in [0.5, 0.6) is 0 Å². The molecule has 3 heterocycles. The van der Waals surface area contributed by atoms with Crippen molar-refractivity contribution in [3.8, 4) is 21.1 Å². The summed E-state index contributed by atoms with van der Waals surface area (Å²) in [4.78, 5) is 14.3. The van der Waals surface area contributed by atoms with Gasteiger partial charge in [-0.15, -0.1) is 22.7 Å². The minimum absolute atomic E-state index is 0.325. The molecule has 0 bridgehead atoms. The number of halogens is 6. The number of morpholine rings is 1. The van der Waals surface area contributed by atoms with Crippen molar-refractivity contribution in [2.75, 3.05) is 39.4 Å². The topological polar surface area (TPSA) is 82.0 Å². The zero-order chi connectivity index (χ0) is 33.9. The lowest BCUT2D eigenvalue weighted by molar-refractivity contribution is -0.138. The van der Waals surface area contributed by atoms with Gasteiger partial charge in [-0.05, 0) is 37.4 Å². The molecular weight excluding hydrogens is 666 g/mol. The van der Waals surface area contributed by atoms with E-state index in [4.69, 9.17) is 14.7 Å². The third kappa shape index (κ3) is 8.39. The van der Waals surface area contributed by atoms with Crippen LogP contribution in [0.15, 0.2) is 48.5 Å². The van der Waals surface area contributed by atoms with E-state index >= 15 is 0 Å². The Hall–Kier alpha value is -2.92. The molecule has 1 saturated heterocycles. The van der Waals surface area contributed by atoms with Gasteiger partial charge in [0.1, 0.15) is 22.2 Å². The molecule has 2 aromatic carbocycles. The van der Waals surface area contributed by atoms with Crippen LogP contribution in [0.3, 0.4) is 0 Å². The van der Waals surface area contributed by atoms with E-state index in [2.05, 4.69) is 9.80 Å². The van der Waals surface area contributed by atoms with Crippen molar-refractivity contribution in [3.63, 3.8) is 0 Å². The van der Waals surface area contributed by atoms with Crippen LogP contribution >= 0.6 is 22.7 Å². The number of thiazole rings is 2. The van der Waals surface area contributed by atoms with E-state index < -0.39 is 35.7 Å². The van der Waals surface area contributed by atoms with Crippen molar-refractivity contribution in [2.24, 2.45) is 0 Å². The Morgan fingerprint density at radius 1 is 0.745 bits per heavy atom.